The number of carbonyl (C=O) groups is 2. The van der Waals surface area contributed by atoms with E-state index in [1.54, 1.807) is 36.4 Å². The van der Waals surface area contributed by atoms with E-state index in [1.165, 1.54) is 12.1 Å². The molecule has 2 aliphatic heterocycles. The van der Waals surface area contributed by atoms with Crippen LogP contribution in [0.25, 0.3) is 6.08 Å². The van der Waals surface area contributed by atoms with E-state index in [1.807, 2.05) is 4.90 Å². The Balaban J connectivity index is 1.46. The van der Waals surface area contributed by atoms with Crippen molar-refractivity contribution < 1.29 is 24.0 Å². The van der Waals surface area contributed by atoms with Crippen LogP contribution in [0, 0.1) is 10.1 Å². The summed E-state index contributed by atoms with van der Waals surface area (Å²) in [6, 6.07) is 11.7. The third-order valence-electron chi connectivity index (χ3n) is 5.13. The van der Waals surface area contributed by atoms with Crippen molar-refractivity contribution in [1.29, 1.82) is 0 Å². The number of nitro benzene ring substituents is 1. The van der Waals surface area contributed by atoms with Gasteiger partial charge in [0, 0.05) is 19.2 Å². The summed E-state index contributed by atoms with van der Waals surface area (Å²) in [5.74, 6) is 0.00187. The molecule has 0 radical (unpaired) electrons. The molecule has 2 heterocycles. The number of hydrogen-bond donors (Lipinski definition) is 0. The van der Waals surface area contributed by atoms with E-state index in [9.17, 15) is 19.7 Å². The number of halogens is 1. The molecule has 2 saturated heterocycles. The summed E-state index contributed by atoms with van der Waals surface area (Å²) < 4.78 is 10.9. The van der Waals surface area contributed by atoms with Crippen LogP contribution in [0.3, 0.4) is 0 Å². The highest BCUT2D eigenvalue weighted by molar-refractivity contribution is 8.18. The molecule has 0 bridgehead atoms. The number of rotatable bonds is 7. The molecule has 0 aromatic heterocycles. The number of carbonyl (C=O) groups excluding carboxylic acids is 2. The summed E-state index contributed by atoms with van der Waals surface area (Å²) in [6.45, 7) is 2.29. The molecule has 2 aliphatic rings. The van der Waals surface area contributed by atoms with Crippen LogP contribution in [0.1, 0.15) is 5.56 Å². The van der Waals surface area contributed by atoms with Crippen molar-refractivity contribution in [3.63, 3.8) is 0 Å². The van der Waals surface area contributed by atoms with Gasteiger partial charge in [0.2, 0.25) is 0 Å². The molecule has 0 saturated carbocycles. The van der Waals surface area contributed by atoms with Crippen molar-refractivity contribution in [2.24, 2.45) is 0 Å². The first kappa shape index (κ1) is 23.1. The standard InChI is InChI=1S/C22H20ClN3O6S/c23-16-3-1-2-4-19(16)32-12-9-25-21(27)20(33-22(25)28)14-15-5-6-17(18(13-15)26(29)30)24-7-10-31-11-8-24/h1-6,13-14H,7-12H2/b20-14-. The molecule has 2 aromatic rings. The zero-order valence-corrected chi connectivity index (χ0v) is 19.0. The number of ether oxygens (including phenoxy) is 2. The van der Waals surface area contributed by atoms with Gasteiger partial charge in [0.05, 0.1) is 34.6 Å². The second-order valence-corrected chi connectivity index (χ2v) is 8.62. The number of nitrogens with zero attached hydrogens (tertiary/aromatic N) is 3. The van der Waals surface area contributed by atoms with Gasteiger partial charge >= 0.3 is 0 Å². The minimum absolute atomic E-state index is 0.0574. The normalized spacial score (nSPS) is 17.7. The number of hydrogen-bond acceptors (Lipinski definition) is 8. The topological polar surface area (TPSA) is 102 Å². The lowest BCUT2D eigenvalue weighted by molar-refractivity contribution is -0.384. The van der Waals surface area contributed by atoms with Gasteiger partial charge in [-0.2, -0.15) is 0 Å². The Hall–Kier alpha value is -3.08. The number of morpholine rings is 1. The number of imide groups is 1. The summed E-state index contributed by atoms with van der Waals surface area (Å²) in [5, 5.41) is 11.7. The van der Waals surface area contributed by atoms with E-state index in [4.69, 9.17) is 21.1 Å². The first-order valence-corrected chi connectivity index (χ1v) is 11.4. The van der Waals surface area contributed by atoms with Gasteiger partial charge in [0.15, 0.2) is 0 Å². The average Bonchev–Trinajstić information content (AvgIpc) is 3.08. The van der Waals surface area contributed by atoms with Gasteiger partial charge < -0.3 is 14.4 Å². The molecule has 2 aromatic carbocycles. The minimum atomic E-state index is -0.465. The Morgan fingerprint density at radius 2 is 1.94 bits per heavy atom. The van der Waals surface area contributed by atoms with Gasteiger partial charge in [-0.25, -0.2) is 0 Å². The molecule has 9 nitrogen and oxygen atoms in total. The van der Waals surface area contributed by atoms with Crippen molar-refractivity contribution in [3.8, 4) is 5.75 Å². The van der Waals surface area contributed by atoms with Crippen molar-refractivity contribution in [1.82, 2.24) is 4.90 Å². The molecule has 0 spiro atoms. The zero-order valence-electron chi connectivity index (χ0n) is 17.4. The maximum atomic E-state index is 12.7. The van der Waals surface area contributed by atoms with Gasteiger partial charge in [-0.05, 0) is 41.6 Å². The average molecular weight is 490 g/mol. The summed E-state index contributed by atoms with van der Waals surface area (Å²) >= 11 is 6.84. The zero-order chi connectivity index (χ0) is 23.4. The summed E-state index contributed by atoms with van der Waals surface area (Å²) in [7, 11) is 0. The highest BCUT2D eigenvalue weighted by Gasteiger charge is 2.35. The van der Waals surface area contributed by atoms with Crippen molar-refractivity contribution in [3.05, 3.63) is 68.1 Å². The van der Waals surface area contributed by atoms with Crippen LogP contribution in [-0.2, 0) is 9.53 Å². The van der Waals surface area contributed by atoms with Crippen LogP contribution >= 0.6 is 23.4 Å². The molecule has 0 N–H and O–H groups in total. The van der Waals surface area contributed by atoms with Crippen LogP contribution in [0.5, 0.6) is 5.75 Å². The fraction of sp³-hybridized carbons (Fsp3) is 0.273. The monoisotopic (exact) mass is 489 g/mol. The van der Waals surface area contributed by atoms with Crippen molar-refractivity contribution in [2.75, 3.05) is 44.4 Å². The lowest BCUT2D eigenvalue weighted by Gasteiger charge is -2.28. The predicted molar refractivity (Wildman–Crippen MR) is 126 cm³/mol. The minimum Gasteiger partial charge on any atom is -0.490 e. The lowest BCUT2D eigenvalue weighted by Crippen LogP contribution is -2.36. The SMILES string of the molecule is O=C1S/C(=C\c2ccc(N3CCOCC3)c([N+](=O)[O-])c2)C(=O)N1CCOc1ccccc1Cl. The van der Waals surface area contributed by atoms with E-state index in [-0.39, 0.29) is 23.7 Å². The molecule has 11 heteroatoms. The van der Waals surface area contributed by atoms with E-state index in [2.05, 4.69) is 0 Å². The van der Waals surface area contributed by atoms with Crippen LogP contribution in [-0.4, -0.2) is 60.4 Å². The maximum Gasteiger partial charge on any atom is 0.293 e. The van der Waals surface area contributed by atoms with Crippen LogP contribution in [0.4, 0.5) is 16.2 Å². The van der Waals surface area contributed by atoms with Crippen molar-refractivity contribution in [2.45, 2.75) is 0 Å². The Morgan fingerprint density at radius 1 is 1.18 bits per heavy atom. The van der Waals surface area contributed by atoms with E-state index >= 15 is 0 Å². The Morgan fingerprint density at radius 3 is 2.67 bits per heavy atom. The fourth-order valence-corrected chi connectivity index (χ4v) is 4.56. The molecule has 0 unspecified atom stereocenters. The Labute approximate surface area is 199 Å². The second kappa shape index (κ2) is 10.2. The smallest absolute Gasteiger partial charge is 0.293 e. The van der Waals surface area contributed by atoms with Crippen LogP contribution in [0.2, 0.25) is 5.02 Å². The van der Waals surface area contributed by atoms with Gasteiger partial charge in [0.25, 0.3) is 16.8 Å². The van der Waals surface area contributed by atoms with E-state index in [0.717, 1.165) is 16.7 Å². The third kappa shape index (κ3) is 5.29. The fourth-order valence-electron chi connectivity index (χ4n) is 3.50. The molecule has 172 valence electrons. The molecule has 0 atom stereocenters. The number of benzene rings is 2. The molecule has 33 heavy (non-hydrogen) atoms. The quantitative estimate of drug-likeness (QED) is 0.324. The first-order valence-electron chi connectivity index (χ1n) is 10.2. The lowest BCUT2D eigenvalue weighted by atomic mass is 10.1. The van der Waals surface area contributed by atoms with Crippen LogP contribution in [0.15, 0.2) is 47.4 Å². The largest absolute Gasteiger partial charge is 0.490 e. The predicted octanol–water partition coefficient (Wildman–Crippen LogP) is 4.20. The molecular weight excluding hydrogens is 470 g/mol. The number of para-hydroxylation sites is 1. The molecular formula is C22H20ClN3O6S. The summed E-state index contributed by atoms with van der Waals surface area (Å²) in [5.41, 5.74) is 0.917. The Bertz CT molecular complexity index is 1120. The summed E-state index contributed by atoms with van der Waals surface area (Å²) in [4.78, 5) is 39.5. The number of amides is 2. The van der Waals surface area contributed by atoms with E-state index < -0.39 is 16.1 Å². The molecule has 2 amide bonds. The van der Waals surface area contributed by atoms with Gasteiger partial charge in [0.1, 0.15) is 18.0 Å². The number of thioether (sulfide) groups is 1. The number of nitro groups is 1. The van der Waals surface area contributed by atoms with E-state index in [0.29, 0.717) is 48.3 Å². The molecule has 0 aliphatic carbocycles. The molecule has 4 rings (SSSR count). The van der Waals surface area contributed by atoms with Crippen molar-refractivity contribution >= 4 is 52.0 Å². The highest BCUT2D eigenvalue weighted by atomic mass is 35.5. The first-order chi connectivity index (χ1) is 15.9. The number of anilines is 1. The maximum absolute atomic E-state index is 12.7. The van der Waals surface area contributed by atoms with Gasteiger partial charge in [-0.3, -0.25) is 24.6 Å². The summed E-state index contributed by atoms with van der Waals surface area (Å²) in [6.07, 6.45) is 1.50. The van der Waals surface area contributed by atoms with Gasteiger partial charge in [-0.15, -0.1) is 0 Å². The third-order valence-corrected chi connectivity index (χ3v) is 6.35. The Kier molecular flexibility index (Phi) is 7.17. The molecule has 2 fully saturated rings. The van der Waals surface area contributed by atoms with Gasteiger partial charge in [-0.1, -0.05) is 29.8 Å². The highest BCUT2D eigenvalue weighted by Crippen LogP contribution is 2.35. The van der Waals surface area contributed by atoms with Crippen LogP contribution < -0.4 is 9.64 Å². The second-order valence-electron chi connectivity index (χ2n) is 7.22.